The molecule has 110 valence electrons. The van der Waals surface area contributed by atoms with Crippen LogP contribution in [-0.4, -0.2) is 35.6 Å². The van der Waals surface area contributed by atoms with Crippen molar-refractivity contribution in [3.63, 3.8) is 0 Å². The molecule has 0 unspecified atom stereocenters. The van der Waals surface area contributed by atoms with E-state index < -0.39 is 5.97 Å². The van der Waals surface area contributed by atoms with Gasteiger partial charge in [-0.05, 0) is 23.6 Å². The number of anilines is 1. The highest BCUT2D eigenvalue weighted by Gasteiger charge is 2.18. The number of carboxylic acids is 1. The molecule has 5 nitrogen and oxygen atoms in total. The fourth-order valence-corrected chi connectivity index (χ4v) is 1.97. The van der Waals surface area contributed by atoms with Crippen LogP contribution in [0.2, 0.25) is 5.02 Å². The van der Waals surface area contributed by atoms with Gasteiger partial charge in [0.25, 0.3) is 0 Å². The highest BCUT2D eigenvalue weighted by Crippen LogP contribution is 2.24. The standard InChI is InChI=1S/C14H19ClN2O3/c1-14(2,3)8-17(4)13(20)16-11-6-5-9(12(18)19)7-10(11)15/h5-7H,8H2,1-4H3,(H,16,20)(H,18,19). The van der Waals surface area contributed by atoms with E-state index in [2.05, 4.69) is 5.32 Å². The first-order chi connectivity index (χ1) is 9.10. The summed E-state index contributed by atoms with van der Waals surface area (Å²) in [7, 11) is 1.69. The van der Waals surface area contributed by atoms with Crippen molar-refractivity contribution in [2.24, 2.45) is 5.41 Å². The third-order valence-corrected chi connectivity index (χ3v) is 2.83. The van der Waals surface area contributed by atoms with Gasteiger partial charge in [0.2, 0.25) is 0 Å². The first kappa shape index (κ1) is 16.3. The molecule has 1 rings (SSSR count). The van der Waals surface area contributed by atoms with Crippen LogP contribution in [0.1, 0.15) is 31.1 Å². The van der Waals surface area contributed by atoms with E-state index >= 15 is 0 Å². The quantitative estimate of drug-likeness (QED) is 0.896. The number of halogens is 1. The van der Waals surface area contributed by atoms with Gasteiger partial charge in [-0.1, -0.05) is 32.4 Å². The maximum atomic E-state index is 12.0. The van der Waals surface area contributed by atoms with Gasteiger partial charge < -0.3 is 15.3 Å². The molecule has 2 N–H and O–H groups in total. The lowest BCUT2D eigenvalue weighted by Gasteiger charge is -2.26. The number of nitrogens with zero attached hydrogens (tertiary/aromatic N) is 1. The molecule has 0 bridgehead atoms. The molecule has 1 aromatic rings. The lowest BCUT2D eigenvalue weighted by molar-refractivity contribution is 0.0697. The van der Waals surface area contributed by atoms with E-state index in [4.69, 9.17) is 16.7 Å². The lowest BCUT2D eigenvalue weighted by atomic mass is 9.96. The Morgan fingerprint density at radius 3 is 2.40 bits per heavy atom. The van der Waals surface area contributed by atoms with Crippen LogP contribution in [0.3, 0.4) is 0 Å². The van der Waals surface area contributed by atoms with Gasteiger partial charge in [-0.3, -0.25) is 0 Å². The van der Waals surface area contributed by atoms with Crippen molar-refractivity contribution in [3.05, 3.63) is 28.8 Å². The summed E-state index contributed by atoms with van der Waals surface area (Å²) in [5.41, 5.74) is 0.460. The molecule has 0 aliphatic carbocycles. The predicted molar refractivity (Wildman–Crippen MR) is 79.5 cm³/mol. The molecule has 6 heteroatoms. The third-order valence-electron chi connectivity index (χ3n) is 2.52. The van der Waals surface area contributed by atoms with Crippen LogP contribution in [-0.2, 0) is 0 Å². The Labute approximate surface area is 123 Å². The number of carbonyl (C=O) groups excluding carboxylic acids is 1. The minimum Gasteiger partial charge on any atom is -0.478 e. The minimum atomic E-state index is -1.06. The Bertz CT molecular complexity index is 524. The number of hydrogen-bond acceptors (Lipinski definition) is 2. The number of rotatable bonds is 3. The van der Waals surface area contributed by atoms with Crippen LogP contribution < -0.4 is 5.32 Å². The molecule has 0 fully saturated rings. The van der Waals surface area contributed by atoms with Gasteiger partial charge in [0.15, 0.2) is 0 Å². The number of urea groups is 1. The largest absolute Gasteiger partial charge is 0.478 e. The molecule has 20 heavy (non-hydrogen) atoms. The molecule has 0 heterocycles. The normalized spacial score (nSPS) is 11.1. The second kappa shape index (κ2) is 6.13. The van der Waals surface area contributed by atoms with Gasteiger partial charge in [0, 0.05) is 13.6 Å². The number of benzene rings is 1. The maximum Gasteiger partial charge on any atom is 0.335 e. The number of carboxylic acid groups (broad SMARTS) is 1. The fraction of sp³-hybridized carbons (Fsp3) is 0.429. The molecule has 0 aromatic heterocycles. The number of aromatic carboxylic acids is 1. The van der Waals surface area contributed by atoms with Crippen molar-refractivity contribution in [2.45, 2.75) is 20.8 Å². The molecule has 0 saturated heterocycles. The molecular weight excluding hydrogens is 280 g/mol. The van der Waals surface area contributed by atoms with E-state index in [0.717, 1.165) is 0 Å². The summed E-state index contributed by atoms with van der Waals surface area (Å²) < 4.78 is 0. The molecule has 2 amide bonds. The topological polar surface area (TPSA) is 69.6 Å². The second-order valence-corrected chi connectivity index (χ2v) is 6.25. The van der Waals surface area contributed by atoms with Crippen LogP contribution in [0.15, 0.2) is 18.2 Å². The summed E-state index contributed by atoms with van der Waals surface area (Å²) in [5.74, 6) is -1.06. The number of nitrogens with one attached hydrogen (secondary N) is 1. The summed E-state index contributed by atoms with van der Waals surface area (Å²) >= 11 is 5.96. The van der Waals surface area contributed by atoms with Gasteiger partial charge in [0.1, 0.15) is 0 Å². The summed E-state index contributed by atoms with van der Waals surface area (Å²) in [6, 6.07) is 3.90. The lowest BCUT2D eigenvalue weighted by Crippen LogP contribution is -2.37. The molecule has 0 aliphatic heterocycles. The number of carbonyl (C=O) groups is 2. The van der Waals surface area contributed by atoms with E-state index in [9.17, 15) is 9.59 Å². The van der Waals surface area contributed by atoms with Crippen LogP contribution in [0.5, 0.6) is 0 Å². The summed E-state index contributed by atoms with van der Waals surface area (Å²) in [4.78, 5) is 24.4. The van der Waals surface area contributed by atoms with Crippen molar-refractivity contribution in [3.8, 4) is 0 Å². The fourth-order valence-electron chi connectivity index (χ4n) is 1.74. The van der Waals surface area contributed by atoms with Crippen LogP contribution in [0.4, 0.5) is 10.5 Å². The smallest absolute Gasteiger partial charge is 0.335 e. The third kappa shape index (κ3) is 4.74. The Morgan fingerprint density at radius 1 is 1.35 bits per heavy atom. The van der Waals surface area contributed by atoms with Crippen LogP contribution >= 0.6 is 11.6 Å². The maximum absolute atomic E-state index is 12.0. The molecule has 1 aromatic carbocycles. The monoisotopic (exact) mass is 298 g/mol. The average Bonchev–Trinajstić information content (AvgIpc) is 2.29. The molecule has 0 spiro atoms. The van der Waals surface area contributed by atoms with Crippen LogP contribution in [0, 0.1) is 5.41 Å². The van der Waals surface area contributed by atoms with E-state index in [1.54, 1.807) is 11.9 Å². The zero-order chi connectivity index (χ0) is 15.5. The van der Waals surface area contributed by atoms with Gasteiger partial charge in [0.05, 0.1) is 16.3 Å². The highest BCUT2D eigenvalue weighted by molar-refractivity contribution is 6.34. The highest BCUT2D eigenvalue weighted by atomic mass is 35.5. The van der Waals surface area contributed by atoms with Gasteiger partial charge in [-0.2, -0.15) is 0 Å². The van der Waals surface area contributed by atoms with Crippen molar-refractivity contribution in [1.82, 2.24) is 4.90 Å². The van der Waals surface area contributed by atoms with Gasteiger partial charge >= 0.3 is 12.0 Å². The summed E-state index contributed by atoms with van der Waals surface area (Å²) in [6.07, 6.45) is 0. The van der Waals surface area contributed by atoms with Crippen molar-refractivity contribution in [1.29, 1.82) is 0 Å². The summed E-state index contributed by atoms with van der Waals surface area (Å²) in [6.45, 7) is 6.69. The Balaban J connectivity index is 2.78. The van der Waals surface area contributed by atoms with Gasteiger partial charge in [-0.15, -0.1) is 0 Å². The van der Waals surface area contributed by atoms with Crippen LogP contribution in [0.25, 0.3) is 0 Å². The molecule has 0 radical (unpaired) electrons. The average molecular weight is 299 g/mol. The first-order valence-electron chi connectivity index (χ1n) is 6.15. The second-order valence-electron chi connectivity index (χ2n) is 5.85. The Morgan fingerprint density at radius 2 is 1.95 bits per heavy atom. The van der Waals surface area contributed by atoms with E-state index in [1.165, 1.54) is 18.2 Å². The number of hydrogen-bond donors (Lipinski definition) is 2. The van der Waals surface area contributed by atoms with Crippen molar-refractivity contribution < 1.29 is 14.7 Å². The molecular formula is C14H19ClN2O3. The summed E-state index contributed by atoms with van der Waals surface area (Å²) in [5, 5.41) is 11.7. The zero-order valence-electron chi connectivity index (χ0n) is 12.0. The molecule has 0 atom stereocenters. The minimum absolute atomic E-state index is 0.0109. The van der Waals surface area contributed by atoms with E-state index in [0.29, 0.717) is 12.2 Å². The van der Waals surface area contributed by atoms with Crippen molar-refractivity contribution in [2.75, 3.05) is 18.9 Å². The number of amides is 2. The predicted octanol–water partition coefficient (Wildman–Crippen LogP) is 3.55. The zero-order valence-corrected chi connectivity index (χ0v) is 12.8. The van der Waals surface area contributed by atoms with E-state index in [1.807, 2.05) is 20.8 Å². The molecule has 0 saturated carbocycles. The van der Waals surface area contributed by atoms with Gasteiger partial charge in [-0.25, -0.2) is 9.59 Å². The Hall–Kier alpha value is -1.75. The Kier molecular flexibility index (Phi) is 5.00. The van der Waals surface area contributed by atoms with Crippen molar-refractivity contribution >= 4 is 29.3 Å². The van der Waals surface area contributed by atoms with E-state index in [-0.39, 0.29) is 22.0 Å². The molecule has 0 aliphatic rings. The first-order valence-corrected chi connectivity index (χ1v) is 6.53. The SMILES string of the molecule is CN(CC(C)(C)C)C(=O)Nc1ccc(C(=O)O)cc1Cl.